The largest absolute Gasteiger partial charge is 0.396 e. The zero-order valence-electron chi connectivity index (χ0n) is 9.08. The number of nitrogens with one attached hydrogen (secondary N) is 2. The number of aliphatic imine (C=N–C) groups is 1. The zero-order chi connectivity index (χ0) is 10.4. The first-order valence-electron chi connectivity index (χ1n) is 5.32. The molecule has 82 valence electrons. The highest BCUT2D eigenvalue weighted by molar-refractivity contribution is 5.79. The molecular formula is C10H21N3O. The lowest BCUT2D eigenvalue weighted by Gasteiger charge is -2.28. The number of aliphatic hydroxyl groups excluding tert-OH is 1. The smallest absolute Gasteiger partial charge is 0.190 e. The fourth-order valence-electron chi connectivity index (χ4n) is 1.93. The number of nitrogens with zero attached hydrogens (tertiary/aromatic N) is 1. The van der Waals surface area contributed by atoms with E-state index in [1.165, 1.54) is 0 Å². The molecule has 0 amide bonds. The second-order valence-corrected chi connectivity index (χ2v) is 3.87. The lowest BCUT2D eigenvalue weighted by atomic mass is 9.87. The van der Waals surface area contributed by atoms with E-state index >= 15 is 0 Å². The van der Waals surface area contributed by atoms with E-state index in [2.05, 4.69) is 15.6 Å². The molecule has 1 saturated carbocycles. The first-order chi connectivity index (χ1) is 6.80. The van der Waals surface area contributed by atoms with E-state index in [4.69, 9.17) is 5.11 Å². The maximum absolute atomic E-state index is 9.00. The van der Waals surface area contributed by atoms with Crippen LogP contribution in [0.2, 0.25) is 0 Å². The fraction of sp³-hybridized carbons (Fsp3) is 0.900. The summed E-state index contributed by atoms with van der Waals surface area (Å²) in [5.41, 5.74) is 0. The van der Waals surface area contributed by atoms with Crippen molar-refractivity contribution in [1.29, 1.82) is 0 Å². The van der Waals surface area contributed by atoms with Crippen LogP contribution in [0.4, 0.5) is 0 Å². The predicted molar refractivity (Wildman–Crippen MR) is 58.4 cm³/mol. The Morgan fingerprint density at radius 3 is 2.43 bits per heavy atom. The third kappa shape index (κ3) is 3.18. The standard InChI is InChI=1S/C10H21N3O/c1-11-10(12-2)13-9-5-3-8(7-14)4-6-9/h8-9,14H,3-7H2,1-2H3,(H2,11,12,13). The highest BCUT2D eigenvalue weighted by atomic mass is 16.3. The molecule has 1 aliphatic rings. The summed E-state index contributed by atoms with van der Waals surface area (Å²) >= 11 is 0. The van der Waals surface area contributed by atoms with Gasteiger partial charge in [0.05, 0.1) is 0 Å². The van der Waals surface area contributed by atoms with E-state index in [0.29, 0.717) is 18.6 Å². The van der Waals surface area contributed by atoms with Gasteiger partial charge < -0.3 is 15.7 Å². The number of hydrogen-bond donors (Lipinski definition) is 3. The number of rotatable bonds is 2. The molecule has 0 spiro atoms. The van der Waals surface area contributed by atoms with Crippen LogP contribution in [0.15, 0.2) is 4.99 Å². The normalized spacial score (nSPS) is 28.6. The summed E-state index contributed by atoms with van der Waals surface area (Å²) in [5.74, 6) is 1.38. The number of hydrogen-bond acceptors (Lipinski definition) is 2. The molecule has 1 fully saturated rings. The summed E-state index contributed by atoms with van der Waals surface area (Å²) in [6.45, 7) is 0.341. The summed E-state index contributed by atoms with van der Waals surface area (Å²) in [6, 6.07) is 0.518. The Morgan fingerprint density at radius 1 is 1.36 bits per heavy atom. The van der Waals surface area contributed by atoms with Crippen molar-refractivity contribution in [2.75, 3.05) is 20.7 Å². The van der Waals surface area contributed by atoms with Crippen molar-refractivity contribution < 1.29 is 5.11 Å². The van der Waals surface area contributed by atoms with Crippen LogP contribution in [0.25, 0.3) is 0 Å². The summed E-state index contributed by atoms with van der Waals surface area (Å²) in [6.07, 6.45) is 4.50. The van der Waals surface area contributed by atoms with Crippen molar-refractivity contribution in [2.45, 2.75) is 31.7 Å². The van der Waals surface area contributed by atoms with Gasteiger partial charge >= 0.3 is 0 Å². The van der Waals surface area contributed by atoms with E-state index in [9.17, 15) is 0 Å². The van der Waals surface area contributed by atoms with Crippen molar-refractivity contribution in [3.8, 4) is 0 Å². The molecule has 0 radical (unpaired) electrons. The molecule has 14 heavy (non-hydrogen) atoms. The summed E-state index contributed by atoms with van der Waals surface area (Å²) in [5, 5.41) is 15.4. The van der Waals surface area contributed by atoms with Gasteiger partial charge in [-0.15, -0.1) is 0 Å². The Kier molecular flexibility index (Phi) is 4.73. The predicted octanol–water partition coefficient (Wildman–Crippen LogP) is 0.332. The minimum Gasteiger partial charge on any atom is -0.396 e. The molecule has 0 aromatic carbocycles. The van der Waals surface area contributed by atoms with Gasteiger partial charge in [-0.2, -0.15) is 0 Å². The first kappa shape index (κ1) is 11.3. The van der Waals surface area contributed by atoms with E-state index in [1.807, 2.05) is 7.05 Å². The highest BCUT2D eigenvalue weighted by Crippen LogP contribution is 2.23. The van der Waals surface area contributed by atoms with E-state index < -0.39 is 0 Å². The molecule has 4 heteroatoms. The molecule has 0 unspecified atom stereocenters. The minimum absolute atomic E-state index is 0.341. The Bertz CT molecular complexity index is 186. The molecule has 4 nitrogen and oxygen atoms in total. The van der Waals surface area contributed by atoms with E-state index in [-0.39, 0.29) is 0 Å². The molecule has 0 atom stereocenters. The maximum atomic E-state index is 9.00. The molecule has 0 aromatic rings. The fourth-order valence-corrected chi connectivity index (χ4v) is 1.93. The number of guanidine groups is 1. The Morgan fingerprint density at radius 2 is 2.00 bits per heavy atom. The average molecular weight is 199 g/mol. The van der Waals surface area contributed by atoms with Crippen LogP contribution in [0.5, 0.6) is 0 Å². The molecule has 0 heterocycles. The molecule has 0 aromatic heterocycles. The summed E-state index contributed by atoms with van der Waals surface area (Å²) in [7, 11) is 3.65. The molecule has 1 rings (SSSR count). The molecule has 0 saturated heterocycles. The van der Waals surface area contributed by atoms with Crippen molar-refractivity contribution in [3.05, 3.63) is 0 Å². The van der Waals surface area contributed by atoms with Gasteiger partial charge in [-0.25, -0.2) is 0 Å². The average Bonchev–Trinajstić information content (AvgIpc) is 2.26. The molecule has 1 aliphatic carbocycles. The van der Waals surface area contributed by atoms with Gasteiger partial charge in [-0.3, -0.25) is 4.99 Å². The Hall–Kier alpha value is -0.770. The van der Waals surface area contributed by atoms with Crippen molar-refractivity contribution >= 4 is 5.96 Å². The summed E-state index contributed by atoms with van der Waals surface area (Å²) < 4.78 is 0. The van der Waals surface area contributed by atoms with Crippen LogP contribution < -0.4 is 10.6 Å². The SMILES string of the molecule is CN=C(NC)NC1CCC(CO)CC1. The van der Waals surface area contributed by atoms with Gasteiger partial charge in [-0.1, -0.05) is 0 Å². The second kappa shape index (κ2) is 5.86. The van der Waals surface area contributed by atoms with Crippen molar-refractivity contribution in [2.24, 2.45) is 10.9 Å². The Balaban J connectivity index is 2.28. The molecule has 0 aliphatic heterocycles. The van der Waals surface area contributed by atoms with Gasteiger partial charge in [0, 0.05) is 26.7 Å². The van der Waals surface area contributed by atoms with Crippen LogP contribution >= 0.6 is 0 Å². The molecule has 3 N–H and O–H groups in total. The number of aliphatic hydroxyl groups is 1. The van der Waals surface area contributed by atoms with Crippen LogP contribution in [-0.4, -0.2) is 37.8 Å². The third-order valence-electron chi connectivity index (χ3n) is 2.91. The highest BCUT2D eigenvalue weighted by Gasteiger charge is 2.20. The monoisotopic (exact) mass is 199 g/mol. The lowest BCUT2D eigenvalue weighted by molar-refractivity contribution is 0.179. The quantitative estimate of drug-likeness (QED) is 0.444. The van der Waals surface area contributed by atoms with Gasteiger partial charge in [0.2, 0.25) is 0 Å². The topological polar surface area (TPSA) is 56.7 Å². The summed E-state index contributed by atoms with van der Waals surface area (Å²) in [4.78, 5) is 4.08. The molecular weight excluding hydrogens is 178 g/mol. The van der Waals surface area contributed by atoms with Crippen molar-refractivity contribution in [3.63, 3.8) is 0 Å². The second-order valence-electron chi connectivity index (χ2n) is 3.87. The van der Waals surface area contributed by atoms with Gasteiger partial charge in [0.15, 0.2) is 5.96 Å². The van der Waals surface area contributed by atoms with E-state index in [1.54, 1.807) is 7.05 Å². The van der Waals surface area contributed by atoms with Gasteiger partial charge in [-0.05, 0) is 31.6 Å². The first-order valence-corrected chi connectivity index (χ1v) is 5.32. The van der Waals surface area contributed by atoms with Gasteiger partial charge in [0.25, 0.3) is 0 Å². The maximum Gasteiger partial charge on any atom is 0.190 e. The molecule has 0 bridgehead atoms. The van der Waals surface area contributed by atoms with Crippen LogP contribution in [0.3, 0.4) is 0 Å². The van der Waals surface area contributed by atoms with Crippen LogP contribution in [0, 0.1) is 5.92 Å². The van der Waals surface area contributed by atoms with E-state index in [0.717, 1.165) is 31.6 Å². The van der Waals surface area contributed by atoms with Crippen LogP contribution in [-0.2, 0) is 0 Å². The zero-order valence-corrected chi connectivity index (χ0v) is 9.08. The van der Waals surface area contributed by atoms with Crippen LogP contribution in [0.1, 0.15) is 25.7 Å². The third-order valence-corrected chi connectivity index (χ3v) is 2.91. The van der Waals surface area contributed by atoms with Crippen molar-refractivity contribution in [1.82, 2.24) is 10.6 Å². The lowest BCUT2D eigenvalue weighted by Crippen LogP contribution is -2.43. The Labute approximate surface area is 85.8 Å². The van der Waals surface area contributed by atoms with Gasteiger partial charge in [0.1, 0.15) is 0 Å². The minimum atomic E-state index is 0.341.